The van der Waals surface area contributed by atoms with Crippen LogP contribution in [0.15, 0.2) is 0 Å². The van der Waals surface area contributed by atoms with E-state index >= 15 is 0 Å². The van der Waals surface area contributed by atoms with Crippen molar-refractivity contribution in [1.82, 2.24) is 4.90 Å². The summed E-state index contributed by atoms with van der Waals surface area (Å²) in [5.74, 6) is -1.54. The molecule has 23 heavy (non-hydrogen) atoms. The Morgan fingerprint density at radius 2 is 1.74 bits per heavy atom. The number of alkyl halides is 3. The van der Waals surface area contributed by atoms with Crippen LogP contribution >= 0.6 is 0 Å². The summed E-state index contributed by atoms with van der Waals surface area (Å²) in [4.78, 5) is 23.1. The first-order valence-electron chi connectivity index (χ1n) is 8.00. The van der Waals surface area contributed by atoms with Gasteiger partial charge in [0.15, 0.2) is 0 Å². The number of carboxylic acids is 1. The van der Waals surface area contributed by atoms with Gasteiger partial charge < -0.3 is 15.7 Å². The molecule has 3 aliphatic rings. The Kier molecular flexibility index (Phi) is 5.23. The summed E-state index contributed by atoms with van der Waals surface area (Å²) in [6.07, 6.45) is 3.95. The van der Waals surface area contributed by atoms with Crippen molar-refractivity contribution in [1.29, 1.82) is 0 Å². The van der Waals surface area contributed by atoms with Crippen LogP contribution in [0.3, 0.4) is 0 Å². The molecule has 0 aromatic heterocycles. The fourth-order valence-electron chi connectivity index (χ4n) is 3.43. The third kappa shape index (κ3) is 4.59. The van der Waals surface area contributed by atoms with Crippen molar-refractivity contribution in [2.75, 3.05) is 6.54 Å². The minimum absolute atomic E-state index is 0.218. The molecule has 2 aliphatic carbocycles. The smallest absolute Gasteiger partial charge is 0.475 e. The highest BCUT2D eigenvalue weighted by molar-refractivity contribution is 5.79. The molecule has 0 bridgehead atoms. The quantitative estimate of drug-likeness (QED) is 0.810. The molecule has 1 aliphatic heterocycles. The zero-order valence-electron chi connectivity index (χ0n) is 12.9. The largest absolute Gasteiger partial charge is 0.490 e. The molecular formula is C15H23F3N2O3. The molecule has 8 heteroatoms. The molecule has 2 saturated carbocycles. The van der Waals surface area contributed by atoms with Crippen LogP contribution in [0.4, 0.5) is 13.2 Å². The molecule has 3 rings (SSSR count). The van der Waals surface area contributed by atoms with Crippen LogP contribution in [-0.2, 0) is 9.59 Å². The lowest BCUT2D eigenvalue weighted by Crippen LogP contribution is -2.50. The number of likely N-dealkylation sites (tertiary alicyclic amines) is 1. The van der Waals surface area contributed by atoms with Crippen molar-refractivity contribution < 1.29 is 27.9 Å². The fourth-order valence-corrected chi connectivity index (χ4v) is 3.43. The highest BCUT2D eigenvalue weighted by Crippen LogP contribution is 2.44. The van der Waals surface area contributed by atoms with Crippen LogP contribution in [0.1, 0.15) is 51.4 Å². The van der Waals surface area contributed by atoms with Crippen LogP contribution in [-0.4, -0.2) is 46.2 Å². The second-order valence-corrected chi connectivity index (χ2v) is 6.81. The number of hydrogen-bond donors (Lipinski definition) is 2. The van der Waals surface area contributed by atoms with Crippen LogP contribution in [0.5, 0.6) is 0 Å². The van der Waals surface area contributed by atoms with E-state index in [4.69, 9.17) is 15.6 Å². The van der Waals surface area contributed by atoms with Gasteiger partial charge >= 0.3 is 12.1 Å². The highest BCUT2D eigenvalue weighted by atomic mass is 19.4. The number of carbonyl (C=O) groups excluding carboxylic acids is 1. The maximum Gasteiger partial charge on any atom is 0.490 e. The van der Waals surface area contributed by atoms with E-state index in [1.165, 1.54) is 12.8 Å². The summed E-state index contributed by atoms with van der Waals surface area (Å²) in [5, 5.41) is 7.12. The molecule has 0 aromatic rings. The monoisotopic (exact) mass is 336 g/mol. The Labute approximate surface area is 133 Å². The Bertz CT molecular complexity index is 455. The average molecular weight is 336 g/mol. The highest BCUT2D eigenvalue weighted by Gasteiger charge is 2.47. The zero-order chi connectivity index (χ0) is 17.3. The maximum atomic E-state index is 12.0. The summed E-state index contributed by atoms with van der Waals surface area (Å²) >= 11 is 0. The van der Waals surface area contributed by atoms with E-state index in [0.717, 1.165) is 51.0 Å². The van der Waals surface area contributed by atoms with Gasteiger partial charge in [-0.2, -0.15) is 13.2 Å². The van der Waals surface area contributed by atoms with E-state index in [1.807, 2.05) is 0 Å². The number of rotatable bonds is 2. The van der Waals surface area contributed by atoms with E-state index < -0.39 is 12.1 Å². The summed E-state index contributed by atoms with van der Waals surface area (Å²) in [5.41, 5.74) is 6.19. The van der Waals surface area contributed by atoms with Gasteiger partial charge in [-0.3, -0.25) is 4.79 Å². The molecule has 0 aromatic carbocycles. The van der Waals surface area contributed by atoms with E-state index in [-0.39, 0.29) is 5.54 Å². The number of aliphatic carboxylic acids is 1. The fraction of sp³-hybridized carbons (Fsp3) is 0.867. The molecule has 3 fully saturated rings. The Morgan fingerprint density at radius 1 is 1.22 bits per heavy atom. The van der Waals surface area contributed by atoms with E-state index in [1.54, 1.807) is 0 Å². The van der Waals surface area contributed by atoms with Crippen LogP contribution < -0.4 is 5.73 Å². The lowest BCUT2D eigenvalue weighted by molar-refractivity contribution is -0.192. The normalized spacial score (nSPS) is 31.0. The molecule has 1 spiro atoms. The zero-order valence-corrected chi connectivity index (χ0v) is 12.9. The van der Waals surface area contributed by atoms with Crippen LogP contribution in [0, 0.1) is 5.92 Å². The van der Waals surface area contributed by atoms with E-state index in [9.17, 15) is 18.0 Å². The molecule has 0 atom stereocenters. The van der Waals surface area contributed by atoms with Gasteiger partial charge in [0.25, 0.3) is 0 Å². The number of carbonyl (C=O) groups is 2. The summed E-state index contributed by atoms with van der Waals surface area (Å²) in [6.45, 7) is 1.04. The molecule has 132 valence electrons. The standard InChI is InChI=1S/C13H22N2O.C2HF3O2/c14-11-3-6-13(7-4-11)8-5-12(16)15(13)9-10-1-2-10;3-2(4,5)1(6)7/h10-11H,1-9,14H2;(H,6,7). The van der Waals surface area contributed by atoms with Gasteiger partial charge in [0.1, 0.15) is 0 Å². The van der Waals surface area contributed by atoms with Gasteiger partial charge in [0, 0.05) is 24.5 Å². The van der Waals surface area contributed by atoms with Gasteiger partial charge in [-0.15, -0.1) is 0 Å². The summed E-state index contributed by atoms with van der Waals surface area (Å²) in [6, 6.07) is 0.379. The minimum atomic E-state index is -5.08. The lowest BCUT2D eigenvalue weighted by atomic mass is 9.78. The minimum Gasteiger partial charge on any atom is -0.475 e. The number of amides is 1. The van der Waals surface area contributed by atoms with Crippen molar-refractivity contribution in [2.45, 2.75) is 69.1 Å². The van der Waals surface area contributed by atoms with Gasteiger partial charge in [0.05, 0.1) is 0 Å². The van der Waals surface area contributed by atoms with Crippen molar-refractivity contribution in [2.24, 2.45) is 11.7 Å². The molecule has 3 N–H and O–H groups in total. The number of nitrogens with zero attached hydrogens (tertiary/aromatic N) is 1. The van der Waals surface area contributed by atoms with Crippen molar-refractivity contribution >= 4 is 11.9 Å². The Balaban J connectivity index is 0.000000236. The molecule has 1 heterocycles. The van der Waals surface area contributed by atoms with E-state index in [0.29, 0.717) is 11.9 Å². The predicted molar refractivity (Wildman–Crippen MR) is 76.5 cm³/mol. The first-order valence-corrected chi connectivity index (χ1v) is 8.00. The van der Waals surface area contributed by atoms with Crippen molar-refractivity contribution in [3.05, 3.63) is 0 Å². The number of nitrogens with two attached hydrogens (primary N) is 1. The molecule has 1 saturated heterocycles. The van der Waals surface area contributed by atoms with Gasteiger partial charge in [-0.1, -0.05) is 0 Å². The number of carboxylic acid groups (broad SMARTS) is 1. The summed E-state index contributed by atoms with van der Waals surface area (Å²) in [7, 11) is 0. The Hall–Kier alpha value is -1.31. The second kappa shape index (κ2) is 6.67. The lowest BCUT2D eigenvalue weighted by Gasteiger charge is -2.43. The van der Waals surface area contributed by atoms with Crippen molar-refractivity contribution in [3.63, 3.8) is 0 Å². The average Bonchev–Trinajstić information content (AvgIpc) is 3.23. The van der Waals surface area contributed by atoms with Gasteiger partial charge in [-0.25, -0.2) is 4.79 Å². The molecule has 0 radical (unpaired) electrons. The predicted octanol–water partition coefficient (Wildman–Crippen LogP) is 2.29. The maximum absolute atomic E-state index is 12.0. The molecular weight excluding hydrogens is 313 g/mol. The third-order valence-electron chi connectivity index (χ3n) is 5.02. The number of halogens is 3. The van der Waals surface area contributed by atoms with Gasteiger partial charge in [-0.05, 0) is 50.9 Å². The number of hydrogen-bond acceptors (Lipinski definition) is 3. The Morgan fingerprint density at radius 3 is 2.17 bits per heavy atom. The van der Waals surface area contributed by atoms with Crippen LogP contribution in [0.2, 0.25) is 0 Å². The molecule has 1 amide bonds. The van der Waals surface area contributed by atoms with Gasteiger partial charge in [0.2, 0.25) is 5.91 Å². The third-order valence-corrected chi connectivity index (χ3v) is 5.02. The van der Waals surface area contributed by atoms with Crippen LogP contribution in [0.25, 0.3) is 0 Å². The SMILES string of the molecule is NC1CCC2(CCC(=O)N2CC2CC2)CC1.O=C(O)C(F)(F)F. The first-order chi connectivity index (χ1) is 10.6. The second-order valence-electron chi connectivity index (χ2n) is 6.81. The van der Waals surface area contributed by atoms with Crippen molar-refractivity contribution in [3.8, 4) is 0 Å². The summed E-state index contributed by atoms with van der Waals surface area (Å²) < 4.78 is 31.7. The topological polar surface area (TPSA) is 83.6 Å². The van der Waals surface area contributed by atoms with E-state index in [2.05, 4.69) is 4.90 Å². The molecule has 0 unspecified atom stereocenters. The first kappa shape index (κ1) is 18.0. The molecule has 5 nitrogen and oxygen atoms in total.